The van der Waals surface area contributed by atoms with E-state index in [-0.39, 0.29) is 6.04 Å². The molecular weight excluding hydrogens is 252 g/mol. The van der Waals surface area contributed by atoms with E-state index in [4.69, 9.17) is 5.84 Å². The molecule has 3 heteroatoms. The van der Waals surface area contributed by atoms with Crippen LogP contribution in [0.25, 0.3) is 0 Å². The Morgan fingerprint density at radius 2 is 2.33 bits per heavy atom. The number of nitrogens with two attached hydrogens (primary N) is 1. The van der Waals surface area contributed by atoms with Crippen LogP contribution in [0, 0.1) is 6.92 Å². The Balaban J connectivity index is 2.86. The van der Waals surface area contributed by atoms with Crippen LogP contribution in [0.4, 0.5) is 0 Å². The second-order valence-corrected chi connectivity index (χ2v) is 4.46. The molecule has 1 aromatic rings. The van der Waals surface area contributed by atoms with E-state index in [1.807, 2.05) is 6.08 Å². The number of aryl methyl sites for hydroxylation is 1. The van der Waals surface area contributed by atoms with Crippen LogP contribution in [0.1, 0.15) is 30.0 Å². The molecule has 0 heterocycles. The van der Waals surface area contributed by atoms with Gasteiger partial charge in [0.05, 0.1) is 0 Å². The summed E-state index contributed by atoms with van der Waals surface area (Å²) < 4.78 is 1.11. The highest BCUT2D eigenvalue weighted by atomic mass is 79.9. The third kappa shape index (κ3) is 3.45. The lowest BCUT2D eigenvalue weighted by Gasteiger charge is -2.17. The highest BCUT2D eigenvalue weighted by Crippen LogP contribution is 2.27. The van der Waals surface area contributed by atoms with Crippen LogP contribution in [-0.2, 0) is 0 Å². The first-order chi connectivity index (χ1) is 7.19. The molecule has 0 fully saturated rings. The summed E-state index contributed by atoms with van der Waals surface area (Å²) in [4.78, 5) is 0. The number of allylic oxidation sites excluding steroid dienone is 1. The standard InChI is InChI=1S/C12H17BrN2/c1-3-4-5-12(15-14)10-7-6-9(2)8-11(10)13/h3,6-8,12,15H,1,4-5,14H2,2H3. The van der Waals surface area contributed by atoms with Gasteiger partial charge in [0.1, 0.15) is 0 Å². The van der Waals surface area contributed by atoms with Gasteiger partial charge in [-0.15, -0.1) is 6.58 Å². The molecule has 0 aromatic heterocycles. The molecule has 82 valence electrons. The topological polar surface area (TPSA) is 38.0 Å². The largest absolute Gasteiger partial charge is 0.271 e. The smallest absolute Gasteiger partial charge is 0.0474 e. The summed E-state index contributed by atoms with van der Waals surface area (Å²) in [6.07, 6.45) is 3.82. The molecule has 0 aliphatic carbocycles. The summed E-state index contributed by atoms with van der Waals surface area (Å²) in [5.41, 5.74) is 5.28. The van der Waals surface area contributed by atoms with Gasteiger partial charge in [-0.3, -0.25) is 11.3 Å². The normalized spacial score (nSPS) is 12.5. The maximum atomic E-state index is 5.55. The molecule has 15 heavy (non-hydrogen) atoms. The summed E-state index contributed by atoms with van der Waals surface area (Å²) in [6.45, 7) is 5.79. The molecule has 0 saturated heterocycles. The third-order valence-electron chi connectivity index (χ3n) is 2.39. The lowest BCUT2D eigenvalue weighted by molar-refractivity contribution is 0.519. The highest BCUT2D eigenvalue weighted by molar-refractivity contribution is 9.10. The minimum atomic E-state index is 0.179. The van der Waals surface area contributed by atoms with Gasteiger partial charge in [-0.05, 0) is 37.0 Å². The van der Waals surface area contributed by atoms with Crippen LogP contribution >= 0.6 is 15.9 Å². The van der Waals surface area contributed by atoms with Crippen molar-refractivity contribution in [3.05, 3.63) is 46.5 Å². The first-order valence-corrected chi connectivity index (χ1v) is 5.81. The molecule has 0 amide bonds. The molecular formula is C12H17BrN2. The summed E-state index contributed by atoms with van der Waals surface area (Å²) in [7, 11) is 0. The molecule has 1 atom stereocenters. The van der Waals surface area contributed by atoms with Crippen LogP contribution in [0.3, 0.4) is 0 Å². The van der Waals surface area contributed by atoms with E-state index in [9.17, 15) is 0 Å². The van der Waals surface area contributed by atoms with Crippen LogP contribution in [-0.4, -0.2) is 0 Å². The van der Waals surface area contributed by atoms with Gasteiger partial charge in [-0.25, -0.2) is 0 Å². The second kappa shape index (κ2) is 6.05. The SMILES string of the molecule is C=CCCC(NN)c1ccc(C)cc1Br. The van der Waals surface area contributed by atoms with Gasteiger partial charge in [0.25, 0.3) is 0 Å². The highest BCUT2D eigenvalue weighted by Gasteiger charge is 2.11. The Kier molecular flexibility index (Phi) is 5.02. The van der Waals surface area contributed by atoms with Gasteiger partial charge in [0, 0.05) is 10.5 Å². The zero-order valence-corrected chi connectivity index (χ0v) is 10.5. The van der Waals surface area contributed by atoms with Crippen LogP contribution < -0.4 is 11.3 Å². The van der Waals surface area contributed by atoms with Crippen molar-refractivity contribution < 1.29 is 0 Å². The number of rotatable bonds is 5. The van der Waals surface area contributed by atoms with Gasteiger partial charge in [0.2, 0.25) is 0 Å². The van der Waals surface area contributed by atoms with Crippen molar-refractivity contribution in [3.8, 4) is 0 Å². The summed E-state index contributed by atoms with van der Waals surface area (Å²) in [5, 5.41) is 0. The molecule has 1 rings (SSSR count). The minimum Gasteiger partial charge on any atom is -0.271 e. The van der Waals surface area contributed by atoms with E-state index in [1.54, 1.807) is 0 Å². The fourth-order valence-electron chi connectivity index (χ4n) is 1.53. The predicted molar refractivity (Wildman–Crippen MR) is 68.4 cm³/mol. The Labute approximate surface area is 99.7 Å². The van der Waals surface area contributed by atoms with Gasteiger partial charge in [-0.1, -0.05) is 34.1 Å². The average Bonchev–Trinajstić information content (AvgIpc) is 2.21. The number of hydrazine groups is 1. The maximum Gasteiger partial charge on any atom is 0.0474 e. The van der Waals surface area contributed by atoms with E-state index in [0.717, 1.165) is 17.3 Å². The van der Waals surface area contributed by atoms with Gasteiger partial charge in [-0.2, -0.15) is 0 Å². The fraction of sp³-hybridized carbons (Fsp3) is 0.333. The van der Waals surface area contributed by atoms with Crippen LogP contribution in [0.5, 0.6) is 0 Å². The first-order valence-electron chi connectivity index (χ1n) is 5.02. The number of nitrogens with one attached hydrogen (secondary N) is 1. The number of hydrogen-bond acceptors (Lipinski definition) is 2. The number of hydrogen-bond donors (Lipinski definition) is 2. The van der Waals surface area contributed by atoms with E-state index in [2.05, 4.69) is 53.1 Å². The molecule has 1 aromatic carbocycles. The van der Waals surface area contributed by atoms with E-state index < -0.39 is 0 Å². The van der Waals surface area contributed by atoms with Gasteiger partial charge < -0.3 is 0 Å². The zero-order valence-electron chi connectivity index (χ0n) is 8.96. The predicted octanol–water partition coefficient (Wildman–Crippen LogP) is 3.23. The lowest BCUT2D eigenvalue weighted by atomic mass is 10.0. The van der Waals surface area contributed by atoms with E-state index in [1.165, 1.54) is 11.1 Å². The van der Waals surface area contributed by atoms with Crippen molar-refractivity contribution in [2.75, 3.05) is 0 Å². The summed E-state index contributed by atoms with van der Waals surface area (Å²) >= 11 is 3.56. The minimum absolute atomic E-state index is 0.179. The third-order valence-corrected chi connectivity index (χ3v) is 3.08. The Morgan fingerprint density at radius 3 is 2.87 bits per heavy atom. The first kappa shape index (κ1) is 12.4. The Hall–Kier alpha value is -0.640. The Bertz CT molecular complexity index is 336. The quantitative estimate of drug-likeness (QED) is 0.489. The second-order valence-electron chi connectivity index (χ2n) is 3.61. The summed E-state index contributed by atoms with van der Waals surface area (Å²) in [5.74, 6) is 5.55. The van der Waals surface area contributed by atoms with Crippen LogP contribution in [0.2, 0.25) is 0 Å². The Morgan fingerprint density at radius 1 is 1.60 bits per heavy atom. The number of benzene rings is 1. The molecule has 0 aliphatic heterocycles. The fourth-order valence-corrected chi connectivity index (χ4v) is 2.30. The molecule has 0 spiro atoms. The van der Waals surface area contributed by atoms with Crippen molar-refractivity contribution in [1.29, 1.82) is 0 Å². The molecule has 3 N–H and O–H groups in total. The van der Waals surface area contributed by atoms with E-state index >= 15 is 0 Å². The molecule has 0 radical (unpaired) electrons. The van der Waals surface area contributed by atoms with E-state index in [0.29, 0.717) is 0 Å². The van der Waals surface area contributed by atoms with Gasteiger partial charge in [0.15, 0.2) is 0 Å². The molecule has 0 aliphatic rings. The van der Waals surface area contributed by atoms with Crippen molar-refractivity contribution in [2.24, 2.45) is 5.84 Å². The van der Waals surface area contributed by atoms with Crippen molar-refractivity contribution in [3.63, 3.8) is 0 Å². The zero-order chi connectivity index (χ0) is 11.3. The van der Waals surface area contributed by atoms with Crippen LogP contribution in [0.15, 0.2) is 35.3 Å². The summed E-state index contributed by atoms with van der Waals surface area (Å²) in [6, 6.07) is 6.48. The van der Waals surface area contributed by atoms with Crippen molar-refractivity contribution >= 4 is 15.9 Å². The maximum absolute atomic E-state index is 5.55. The molecule has 0 saturated carbocycles. The van der Waals surface area contributed by atoms with Gasteiger partial charge >= 0.3 is 0 Å². The monoisotopic (exact) mass is 268 g/mol. The molecule has 0 bridgehead atoms. The average molecular weight is 269 g/mol. The number of halogens is 1. The van der Waals surface area contributed by atoms with Crippen molar-refractivity contribution in [1.82, 2.24) is 5.43 Å². The lowest BCUT2D eigenvalue weighted by Crippen LogP contribution is -2.28. The molecule has 2 nitrogen and oxygen atoms in total. The molecule has 1 unspecified atom stereocenters. The van der Waals surface area contributed by atoms with Crippen molar-refractivity contribution in [2.45, 2.75) is 25.8 Å².